The third kappa shape index (κ3) is 2.02. The van der Waals surface area contributed by atoms with Crippen LogP contribution in [-0.2, 0) is 4.79 Å². The fourth-order valence-electron chi connectivity index (χ4n) is 2.11. The molecule has 0 amide bonds. The highest BCUT2D eigenvalue weighted by molar-refractivity contribution is 5.71. The minimum absolute atomic E-state index is 0.0268. The van der Waals surface area contributed by atoms with Crippen molar-refractivity contribution in [3.63, 3.8) is 0 Å². The Morgan fingerprint density at radius 2 is 2.28 bits per heavy atom. The van der Waals surface area contributed by atoms with E-state index >= 15 is 0 Å². The van der Waals surface area contributed by atoms with Gasteiger partial charge in [0.15, 0.2) is 0 Å². The van der Waals surface area contributed by atoms with Crippen LogP contribution in [0.3, 0.4) is 0 Å². The molecule has 1 N–H and O–H groups in total. The van der Waals surface area contributed by atoms with Gasteiger partial charge in [0.25, 0.3) is 0 Å². The zero-order valence-corrected chi connectivity index (χ0v) is 9.93. The second-order valence-electron chi connectivity index (χ2n) is 4.54. The Bertz CT molecular complexity index is 518. The van der Waals surface area contributed by atoms with Crippen molar-refractivity contribution in [1.82, 2.24) is 0 Å². The van der Waals surface area contributed by atoms with E-state index in [1.54, 1.807) is 19.1 Å². The van der Waals surface area contributed by atoms with Gasteiger partial charge in [-0.25, -0.2) is 4.39 Å². The molecule has 0 spiro atoms. The predicted octanol–water partition coefficient (Wildman–Crippen LogP) is 1.85. The number of carboxylic acid groups (broad SMARTS) is 1. The van der Waals surface area contributed by atoms with E-state index in [1.807, 2.05) is 11.0 Å². The number of benzene rings is 1. The summed E-state index contributed by atoms with van der Waals surface area (Å²) in [5, 5.41) is 17.8. The van der Waals surface area contributed by atoms with Crippen molar-refractivity contribution in [3.8, 4) is 6.07 Å². The van der Waals surface area contributed by atoms with Gasteiger partial charge in [0.1, 0.15) is 17.4 Å². The van der Waals surface area contributed by atoms with Crippen molar-refractivity contribution in [1.29, 1.82) is 5.26 Å². The van der Waals surface area contributed by atoms with Crippen LogP contribution in [0.25, 0.3) is 0 Å². The number of carbonyl (C=O) groups is 1. The van der Waals surface area contributed by atoms with Gasteiger partial charge in [-0.15, -0.1) is 0 Å². The van der Waals surface area contributed by atoms with E-state index in [4.69, 9.17) is 10.4 Å². The van der Waals surface area contributed by atoms with Gasteiger partial charge in [-0.3, -0.25) is 4.79 Å². The summed E-state index contributed by atoms with van der Waals surface area (Å²) in [6, 6.07) is 6.33. The fraction of sp³-hybridized carbons (Fsp3) is 0.385. The average molecular weight is 248 g/mol. The number of carboxylic acids is 1. The third-order valence-electron chi connectivity index (χ3n) is 3.45. The van der Waals surface area contributed by atoms with Crippen molar-refractivity contribution >= 4 is 11.7 Å². The zero-order valence-electron chi connectivity index (χ0n) is 9.93. The van der Waals surface area contributed by atoms with Crippen LogP contribution in [0.2, 0.25) is 0 Å². The first-order valence-electron chi connectivity index (χ1n) is 5.71. The van der Waals surface area contributed by atoms with Crippen molar-refractivity contribution in [2.45, 2.75) is 6.92 Å². The number of halogens is 1. The number of nitrogens with zero attached hydrogens (tertiary/aromatic N) is 2. The number of hydrogen-bond acceptors (Lipinski definition) is 3. The Balaban J connectivity index is 2.12. The van der Waals surface area contributed by atoms with Gasteiger partial charge in [0.05, 0.1) is 11.6 Å². The quantitative estimate of drug-likeness (QED) is 0.886. The molecule has 94 valence electrons. The minimum atomic E-state index is -0.820. The molecule has 0 aliphatic carbocycles. The lowest BCUT2D eigenvalue weighted by Gasteiger charge is -2.43. The van der Waals surface area contributed by atoms with Gasteiger partial charge >= 0.3 is 5.97 Å². The molecule has 0 bridgehead atoms. The monoisotopic (exact) mass is 248 g/mol. The van der Waals surface area contributed by atoms with E-state index in [0.29, 0.717) is 18.8 Å². The lowest BCUT2D eigenvalue weighted by atomic mass is 9.86. The average Bonchev–Trinajstić information content (AvgIpc) is 2.27. The Morgan fingerprint density at radius 1 is 1.61 bits per heavy atom. The third-order valence-corrected chi connectivity index (χ3v) is 3.45. The second-order valence-corrected chi connectivity index (χ2v) is 4.54. The maximum Gasteiger partial charge on any atom is 0.306 e. The Morgan fingerprint density at radius 3 is 2.83 bits per heavy atom. The summed E-state index contributed by atoms with van der Waals surface area (Å²) in [5.74, 6) is -1.72. The molecule has 1 unspecified atom stereocenters. The lowest BCUT2D eigenvalue weighted by molar-refractivity contribution is -0.143. The molecule has 5 heteroatoms. The van der Waals surface area contributed by atoms with Crippen LogP contribution in [-0.4, -0.2) is 24.2 Å². The smallest absolute Gasteiger partial charge is 0.306 e. The molecule has 2 rings (SSSR count). The minimum Gasteiger partial charge on any atom is -0.481 e. The number of hydrogen-bond donors (Lipinski definition) is 1. The van der Waals surface area contributed by atoms with Crippen LogP contribution in [0.1, 0.15) is 12.5 Å². The molecule has 0 aromatic heterocycles. The van der Waals surface area contributed by atoms with Crippen LogP contribution in [0.4, 0.5) is 10.1 Å². The maximum atomic E-state index is 13.4. The van der Waals surface area contributed by atoms with Crippen LogP contribution < -0.4 is 4.90 Å². The van der Waals surface area contributed by atoms with Gasteiger partial charge in [-0.1, -0.05) is 13.0 Å². The van der Waals surface area contributed by atoms with Crippen molar-refractivity contribution in [2.75, 3.05) is 18.0 Å². The summed E-state index contributed by atoms with van der Waals surface area (Å²) < 4.78 is 13.4. The molecular formula is C13H13FN2O2. The molecule has 1 atom stereocenters. The number of rotatable bonds is 3. The largest absolute Gasteiger partial charge is 0.481 e. The van der Waals surface area contributed by atoms with Crippen molar-refractivity contribution < 1.29 is 14.3 Å². The molecule has 0 radical (unpaired) electrons. The van der Waals surface area contributed by atoms with Crippen LogP contribution in [0.15, 0.2) is 18.2 Å². The maximum absolute atomic E-state index is 13.4. The molecule has 4 nitrogen and oxygen atoms in total. The molecule has 18 heavy (non-hydrogen) atoms. The summed E-state index contributed by atoms with van der Waals surface area (Å²) in [6.07, 6.45) is 0. The number of nitriles is 1. The van der Waals surface area contributed by atoms with Crippen LogP contribution in [0.5, 0.6) is 0 Å². The SMILES string of the molecule is CC(C(=O)O)C1CN(c2cccc(F)c2C#N)C1. The van der Waals surface area contributed by atoms with Gasteiger partial charge < -0.3 is 10.0 Å². The Kier molecular flexibility index (Phi) is 3.19. The zero-order chi connectivity index (χ0) is 13.3. The van der Waals surface area contributed by atoms with Gasteiger partial charge in [-0.2, -0.15) is 5.26 Å². The Labute approximate surface area is 104 Å². The van der Waals surface area contributed by atoms with E-state index in [-0.39, 0.29) is 11.5 Å². The van der Waals surface area contributed by atoms with E-state index in [9.17, 15) is 9.18 Å². The molecule has 1 saturated heterocycles. The molecule has 1 aromatic carbocycles. The first-order valence-corrected chi connectivity index (χ1v) is 5.71. The summed E-state index contributed by atoms with van der Waals surface area (Å²) in [6.45, 7) is 2.76. The van der Waals surface area contributed by atoms with Crippen LogP contribution >= 0.6 is 0 Å². The normalized spacial score (nSPS) is 16.8. The van der Waals surface area contributed by atoms with Gasteiger partial charge in [0.2, 0.25) is 0 Å². The molecule has 1 aliphatic rings. The van der Waals surface area contributed by atoms with Gasteiger partial charge in [0, 0.05) is 19.0 Å². The van der Waals surface area contributed by atoms with E-state index in [0.717, 1.165) is 0 Å². The molecule has 1 aromatic rings. The highest BCUT2D eigenvalue weighted by Crippen LogP contribution is 2.32. The molecule has 1 fully saturated rings. The molecular weight excluding hydrogens is 235 g/mol. The highest BCUT2D eigenvalue weighted by Gasteiger charge is 2.35. The van der Waals surface area contributed by atoms with Crippen LogP contribution in [0, 0.1) is 29.0 Å². The van der Waals surface area contributed by atoms with Crippen molar-refractivity contribution in [3.05, 3.63) is 29.6 Å². The van der Waals surface area contributed by atoms with E-state index in [1.165, 1.54) is 6.07 Å². The van der Waals surface area contributed by atoms with E-state index < -0.39 is 17.7 Å². The first kappa shape index (κ1) is 12.4. The summed E-state index contributed by atoms with van der Waals surface area (Å²) in [4.78, 5) is 12.7. The topological polar surface area (TPSA) is 64.3 Å². The standard InChI is InChI=1S/C13H13FN2O2/c1-8(13(17)18)9-6-16(7-9)12-4-2-3-11(14)10(12)5-15/h2-4,8-9H,6-7H2,1H3,(H,17,18). The summed E-state index contributed by atoms with van der Waals surface area (Å²) in [5.41, 5.74) is 0.574. The summed E-state index contributed by atoms with van der Waals surface area (Å²) >= 11 is 0. The molecule has 1 aliphatic heterocycles. The Hall–Kier alpha value is -2.09. The predicted molar refractivity (Wildman–Crippen MR) is 63.6 cm³/mol. The van der Waals surface area contributed by atoms with Crippen molar-refractivity contribution in [2.24, 2.45) is 11.8 Å². The summed E-state index contributed by atoms with van der Waals surface area (Å²) in [7, 11) is 0. The number of anilines is 1. The molecule has 1 heterocycles. The second kappa shape index (κ2) is 4.65. The first-order chi connectivity index (χ1) is 8.54. The van der Waals surface area contributed by atoms with Gasteiger partial charge in [-0.05, 0) is 12.1 Å². The fourth-order valence-corrected chi connectivity index (χ4v) is 2.11. The molecule has 0 saturated carbocycles. The number of aliphatic carboxylic acids is 1. The van der Waals surface area contributed by atoms with E-state index in [2.05, 4.69) is 0 Å². The lowest BCUT2D eigenvalue weighted by Crippen LogP contribution is -2.51. The highest BCUT2D eigenvalue weighted by atomic mass is 19.1.